The second kappa shape index (κ2) is 9.32. The number of anilines is 1. The van der Waals surface area contributed by atoms with Gasteiger partial charge in [0.2, 0.25) is 0 Å². The molecule has 0 aliphatic carbocycles. The van der Waals surface area contributed by atoms with E-state index in [2.05, 4.69) is 10.1 Å². The number of methoxy groups -OCH3 is 1. The normalized spacial score (nSPS) is 11.3. The summed E-state index contributed by atoms with van der Waals surface area (Å²) in [5, 5.41) is 11.3. The van der Waals surface area contributed by atoms with Crippen molar-refractivity contribution in [2.24, 2.45) is 0 Å². The number of nitrogens with one attached hydrogen (secondary N) is 1. The van der Waals surface area contributed by atoms with Crippen LogP contribution < -0.4 is 14.8 Å². The van der Waals surface area contributed by atoms with Crippen molar-refractivity contribution in [1.82, 2.24) is 0 Å². The van der Waals surface area contributed by atoms with Gasteiger partial charge in [-0.05, 0) is 49.4 Å². The molecule has 0 aromatic heterocycles. The molecule has 9 heteroatoms. The Morgan fingerprint density at radius 1 is 1.11 bits per heavy atom. The fourth-order valence-electron chi connectivity index (χ4n) is 2.14. The quantitative estimate of drug-likeness (QED) is 0.728. The molecule has 7 nitrogen and oxygen atoms in total. The Balaban J connectivity index is 2.02. The smallest absolute Gasteiger partial charge is 0.387 e. The van der Waals surface area contributed by atoms with Crippen molar-refractivity contribution < 1.29 is 32.6 Å². The van der Waals surface area contributed by atoms with Gasteiger partial charge in [0.15, 0.2) is 17.6 Å². The van der Waals surface area contributed by atoms with E-state index < -0.39 is 24.6 Å². The zero-order chi connectivity index (χ0) is 20.7. The van der Waals surface area contributed by atoms with Crippen LogP contribution in [0.3, 0.4) is 0 Å². The largest absolute Gasteiger partial charge is 0.493 e. The first-order valence-electron chi connectivity index (χ1n) is 7.99. The van der Waals surface area contributed by atoms with Crippen molar-refractivity contribution in [1.29, 1.82) is 5.26 Å². The van der Waals surface area contributed by atoms with Gasteiger partial charge in [-0.2, -0.15) is 14.0 Å². The van der Waals surface area contributed by atoms with E-state index in [0.29, 0.717) is 11.3 Å². The summed E-state index contributed by atoms with van der Waals surface area (Å²) in [6.07, 6.45) is -1.13. The van der Waals surface area contributed by atoms with Gasteiger partial charge in [-0.1, -0.05) is 0 Å². The van der Waals surface area contributed by atoms with Crippen molar-refractivity contribution in [3.05, 3.63) is 53.6 Å². The molecule has 0 bridgehead atoms. The molecular weight excluding hydrogens is 374 g/mol. The zero-order valence-electron chi connectivity index (χ0n) is 14.9. The number of nitrogens with zero attached hydrogens (tertiary/aromatic N) is 1. The van der Waals surface area contributed by atoms with Crippen LogP contribution in [0, 0.1) is 11.3 Å². The Morgan fingerprint density at radius 2 is 1.79 bits per heavy atom. The van der Waals surface area contributed by atoms with Crippen LogP contribution in [-0.2, 0) is 9.53 Å². The van der Waals surface area contributed by atoms with E-state index >= 15 is 0 Å². The van der Waals surface area contributed by atoms with Crippen LogP contribution in [0.25, 0.3) is 0 Å². The van der Waals surface area contributed by atoms with Gasteiger partial charge in [0.05, 0.1) is 24.3 Å². The number of carbonyl (C=O) groups excluding carboxylic acids is 2. The van der Waals surface area contributed by atoms with Crippen molar-refractivity contribution in [3.8, 4) is 17.6 Å². The number of ether oxygens (including phenoxy) is 3. The number of carbonyl (C=O) groups is 2. The average molecular weight is 390 g/mol. The summed E-state index contributed by atoms with van der Waals surface area (Å²) in [7, 11) is 1.23. The fraction of sp³-hybridized carbons (Fsp3) is 0.211. The second-order valence-electron chi connectivity index (χ2n) is 5.47. The highest BCUT2D eigenvalue weighted by atomic mass is 19.3. The molecule has 0 unspecified atom stereocenters. The summed E-state index contributed by atoms with van der Waals surface area (Å²) in [6, 6.07) is 11.6. The monoisotopic (exact) mass is 390 g/mol. The Bertz CT molecular complexity index is 894. The molecule has 0 aliphatic rings. The summed E-state index contributed by atoms with van der Waals surface area (Å²) in [4.78, 5) is 24.4. The van der Waals surface area contributed by atoms with E-state index in [1.165, 1.54) is 50.4 Å². The minimum Gasteiger partial charge on any atom is -0.493 e. The Labute approximate surface area is 159 Å². The maximum Gasteiger partial charge on any atom is 0.387 e. The number of amides is 1. The molecule has 0 aliphatic heterocycles. The lowest BCUT2D eigenvalue weighted by atomic mass is 10.2. The first-order chi connectivity index (χ1) is 13.3. The van der Waals surface area contributed by atoms with Gasteiger partial charge in [-0.15, -0.1) is 0 Å². The standard InChI is InChI=1S/C19H16F2N2O5/c1-11(17(24)23-14-6-3-12(10-22)4-7-14)27-18(25)13-5-8-15(28-19(20)21)16(9-13)26-2/h3-9,11,19H,1-2H3,(H,23,24)/t11-/m1/s1. The number of esters is 1. The highest BCUT2D eigenvalue weighted by Gasteiger charge is 2.21. The molecule has 0 fully saturated rings. The zero-order valence-corrected chi connectivity index (χ0v) is 14.9. The lowest BCUT2D eigenvalue weighted by molar-refractivity contribution is -0.123. The molecule has 0 saturated carbocycles. The number of benzene rings is 2. The third-order valence-electron chi connectivity index (χ3n) is 3.55. The second-order valence-corrected chi connectivity index (χ2v) is 5.47. The highest BCUT2D eigenvalue weighted by molar-refractivity contribution is 5.97. The average Bonchev–Trinajstić information content (AvgIpc) is 2.68. The number of hydrogen-bond donors (Lipinski definition) is 1. The van der Waals surface area contributed by atoms with Crippen molar-refractivity contribution in [2.75, 3.05) is 12.4 Å². The molecule has 2 aromatic carbocycles. The lowest BCUT2D eigenvalue weighted by Crippen LogP contribution is -2.30. The molecule has 1 atom stereocenters. The van der Waals surface area contributed by atoms with Gasteiger partial charge in [0, 0.05) is 5.69 Å². The van der Waals surface area contributed by atoms with Crippen molar-refractivity contribution in [3.63, 3.8) is 0 Å². The first kappa shape index (κ1) is 20.6. The summed E-state index contributed by atoms with van der Waals surface area (Å²) >= 11 is 0. The molecule has 0 heterocycles. The molecule has 2 aromatic rings. The fourth-order valence-corrected chi connectivity index (χ4v) is 2.14. The summed E-state index contributed by atoms with van der Waals surface area (Å²) in [6.45, 7) is -1.67. The van der Waals surface area contributed by atoms with Gasteiger partial charge < -0.3 is 19.5 Å². The maximum atomic E-state index is 12.3. The van der Waals surface area contributed by atoms with Crippen LogP contribution in [0.2, 0.25) is 0 Å². The molecule has 1 amide bonds. The molecule has 28 heavy (non-hydrogen) atoms. The Hall–Kier alpha value is -3.67. The first-order valence-corrected chi connectivity index (χ1v) is 7.99. The van der Waals surface area contributed by atoms with Crippen LogP contribution in [0.4, 0.5) is 14.5 Å². The van der Waals surface area contributed by atoms with Gasteiger partial charge in [0.1, 0.15) is 0 Å². The molecule has 2 rings (SSSR count). The van der Waals surface area contributed by atoms with E-state index in [0.717, 1.165) is 6.07 Å². The van der Waals surface area contributed by atoms with Crippen LogP contribution in [0.15, 0.2) is 42.5 Å². The Morgan fingerprint density at radius 3 is 2.36 bits per heavy atom. The SMILES string of the molecule is COc1cc(C(=O)O[C@H](C)C(=O)Nc2ccc(C#N)cc2)ccc1OC(F)F. The van der Waals surface area contributed by atoms with Crippen molar-refractivity contribution in [2.45, 2.75) is 19.6 Å². The van der Waals surface area contributed by atoms with Crippen molar-refractivity contribution >= 4 is 17.6 Å². The summed E-state index contributed by atoms with van der Waals surface area (Å²) in [5.74, 6) is -1.74. The van der Waals surface area contributed by atoms with Gasteiger partial charge in [0.25, 0.3) is 5.91 Å². The number of hydrogen-bond acceptors (Lipinski definition) is 6. The molecule has 1 N–H and O–H groups in total. The number of rotatable bonds is 7. The molecule has 0 saturated heterocycles. The van der Waals surface area contributed by atoms with E-state index in [4.69, 9.17) is 14.7 Å². The van der Waals surface area contributed by atoms with Gasteiger partial charge >= 0.3 is 12.6 Å². The number of nitriles is 1. The van der Waals surface area contributed by atoms with Gasteiger partial charge in [-0.25, -0.2) is 4.79 Å². The van der Waals surface area contributed by atoms with Gasteiger partial charge in [-0.3, -0.25) is 4.79 Å². The molecular formula is C19H16F2N2O5. The summed E-state index contributed by atoms with van der Waals surface area (Å²) in [5.41, 5.74) is 0.865. The predicted octanol–water partition coefficient (Wildman–Crippen LogP) is 3.35. The lowest BCUT2D eigenvalue weighted by Gasteiger charge is -2.15. The number of alkyl halides is 2. The predicted molar refractivity (Wildman–Crippen MR) is 94.3 cm³/mol. The Kier molecular flexibility index (Phi) is 6.87. The van der Waals surface area contributed by atoms with Crippen LogP contribution in [-0.4, -0.2) is 31.7 Å². The third-order valence-corrected chi connectivity index (χ3v) is 3.55. The van der Waals surface area contributed by atoms with E-state index in [9.17, 15) is 18.4 Å². The number of halogens is 2. The van der Waals surface area contributed by atoms with Crippen LogP contribution >= 0.6 is 0 Å². The summed E-state index contributed by atoms with van der Waals surface area (Å²) < 4.78 is 39.0. The molecule has 146 valence electrons. The molecule has 0 radical (unpaired) electrons. The minimum absolute atomic E-state index is 0.00325. The third kappa shape index (κ3) is 5.41. The minimum atomic E-state index is -3.04. The highest BCUT2D eigenvalue weighted by Crippen LogP contribution is 2.29. The van der Waals surface area contributed by atoms with Crippen LogP contribution in [0.5, 0.6) is 11.5 Å². The maximum absolute atomic E-state index is 12.3. The topological polar surface area (TPSA) is 97.6 Å². The van der Waals surface area contributed by atoms with E-state index in [1.807, 2.05) is 6.07 Å². The molecule has 0 spiro atoms. The van der Waals surface area contributed by atoms with Crippen LogP contribution in [0.1, 0.15) is 22.8 Å². The van der Waals surface area contributed by atoms with E-state index in [1.54, 1.807) is 0 Å². The van der Waals surface area contributed by atoms with E-state index in [-0.39, 0.29) is 17.1 Å².